The van der Waals surface area contributed by atoms with Gasteiger partial charge in [0.25, 0.3) is 0 Å². The zero-order valence-corrected chi connectivity index (χ0v) is 8.44. The van der Waals surface area contributed by atoms with Crippen LogP contribution in [-0.4, -0.2) is 22.3 Å². The Bertz CT molecular complexity index is 404. The van der Waals surface area contributed by atoms with E-state index in [2.05, 4.69) is 0 Å². The third kappa shape index (κ3) is 1.91. The average Bonchev–Trinajstić information content (AvgIpc) is 2.18. The summed E-state index contributed by atoms with van der Waals surface area (Å²) in [4.78, 5) is 10.7. The summed E-state index contributed by atoms with van der Waals surface area (Å²) < 4.78 is 5.20. The molecule has 1 aliphatic rings. The summed E-state index contributed by atoms with van der Waals surface area (Å²) in [6.45, 7) is 0. The number of fused-ring (bicyclic) bond motifs is 1. The summed E-state index contributed by atoms with van der Waals surface area (Å²) >= 11 is 5.76. The van der Waals surface area contributed by atoms with Crippen molar-refractivity contribution in [3.63, 3.8) is 0 Å². The lowest BCUT2D eigenvalue weighted by molar-refractivity contribution is -0.147. The average molecular weight is 229 g/mol. The first-order chi connectivity index (χ1) is 7.08. The number of ether oxygens (including phenoxy) is 1. The molecule has 0 spiro atoms. The molecule has 0 unspecified atom stereocenters. The Labute approximate surface area is 91.1 Å². The zero-order valence-electron chi connectivity index (χ0n) is 7.68. The SMILES string of the molecule is O=C(O)[C@H]1C[C@H](O)c2cc(Cl)ccc2O1. The van der Waals surface area contributed by atoms with E-state index < -0.39 is 18.2 Å². The van der Waals surface area contributed by atoms with Gasteiger partial charge in [0.15, 0.2) is 6.10 Å². The van der Waals surface area contributed by atoms with Crippen molar-refractivity contribution in [2.24, 2.45) is 0 Å². The van der Waals surface area contributed by atoms with Crippen LogP contribution in [0.4, 0.5) is 0 Å². The fourth-order valence-electron chi connectivity index (χ4n) is 1.57. The van der Waals surface area contributed by atoms with Crippen LogP contribution in [0.15, 0.2) is 18.2 Å². The van der Waals surface area contributed by atoms with Crippen molar-refractivity contribution in [2.75, 3.05) is 0 Å². The Balaban J connectivity index is 2.36. The molecule has 0 amide bonds. The first-order valence-corrected chi connectivity index (χ1v) is 4.82. The molecule has 2 N–H and O–H groups in total. The van der Waals surface area contributed by atoms with Crippen molar-refractivity contribution in [1.29, 1.82) is 0 Å². The standard InChI is InChI=1S/C10H9ClO4/c11-5-1-2-8-6(3-5)7(12)4-9(15-8)10(13)14/h1-3,7,9,12H,4H2,(H,13,14)/t7-,9+/m0/s1. The Hall–Kier alpha value is -1.26. The summed E-state index contributed by atoms with van der Waals surface area (Å²) in [5, 5.41) is 19.0. The molecule has 2 atom stereocenters. The largest absolute Gasteiger partial charge is 0.479 e. The second-order valence-electron chi connectivity index (χ2n) is 3.38. The van der Waals surface area contributed by atoms with Crippen molar-refractivity contribution in [1.82, 2.24) is 0 Å². The summed E-state index contributed by atoms with van der Waals surface area (Å²) in [6.07, 6.45) is -1.79. The number of carboxylic acid groups (broad SMARTS) is 1. The highest BCUT2D eigenvalue weighted by molar-refractivity contribution is 6.30. The van der Waals surface area contributed by atoms with E-state index in [1.807, 2.05) is 0 Å². The number of aliphatic hydroxyl groups is 1. The van der Waals surface area contributed by atoms with Gasteiger partial charge in [0.1, 0.15) is 5.75 Å². The Morgan fingerprint density at radius 3 is 2.93 bits per heavy atom. The maximum Gasteiger partial charge on any atom is 0.345 e. The normalized spacial score (nSPS) is 24.1. The van der Waals surface area contributed by atoms with E-state index >= 15 is 0 Å². The number of hydrogen-bond acceptors (Lipinski definition) is 3. The van der Waals surface area contributed by atoms with Crippen molar-refractivity contribution in [3.05, 3.63) is 28.8 Å². The molecule has 1 aliphatic heterocycles. The fourth-order valence-corrected chi connectivity index (χ4v) is 1.75. The van der Waals surface area contributed by atoms with Crippen LogP contribution in [-0.2, 0) is 4.79 Å². The molecule has 1 aromatic carbocycles. The Morgan fingerprint density at radius 2 is 2.27 bits per heavy atom. The number of rotatable bonds is 1. The highest BCUT2D eigenvalue weighted by Gasteiger charge is 2.31. The van der Waals surface area contributed by atoms with E-state index in [4.69, 9.17) is 21.4 Å². The van der Waals surface area contributed by atoms with Gasteiger partial charge in [0.2, 0.25) is 0 Å². The number of hydrogen-bond donors (Lipinski definition) is 2. The van der Waals surface area contributed by atoms with E-state index in [1.54, 1.807) is 18.2 Å². The van der Waals surface area contributed by atoms with Crippen LogP contribution in [0.3, 0.4) is 0 Å². The van der Waals surface area contributed by atoms with Crippen LogP contribution in [0.2, 0.25) is 5.02 Å². The van der Waals surface area contributed by atoms with Crippen molar-refractivity contribution >= 4 is 17.6 Å². The van der Waals surface area contributed by atoms with Gasteiger partial charge < -0.3 is 14.9 Å². The maximum absolute atomic E-state index is 10.7. The summed E-state index contributed by atoms with van der Waals surface area (Å²) in [7, 11) is 0. The Kier molecular flexibility index (Phi) is 2.54. The molecule has 80 valence electrons. The van der Waals surface area contributed by atoms with Gasteiger partial charge in [-0.05, 0) is 18.2 Å². The van der Waals surface area contributed by atoms with Gasteiger partial charge in [-0.15, -0.1) is 0 Å². The third-order valence-electron chi connectivity index (χ3n) is 2.31. The Morgan fingerprint density at radius 1 is 1.53 bits per heavy atom. The van der Waals surface area contributed by atoms with Gasteiger partial charge in [-0.1, -0.05) is 11.6 Å². The van der Waals surface area contributed by atoms with Gasteiger partial charge in [-0.3, -0.25) is 0 Å². The van der Waals surface area contributed by atoms with E-state index in [-0.39, 0.29) is 6.42 Å². The molecule has 5 heteroatoms. The minimum Gasteiger partial charge on any atom is -0.479 e. The molecule has 0 saturated heterocycles. The highest BCUT2D eigenvalue weighted by atomic mass is 35.5. The molecule has 0 aromatic heterocycles. The van der Waals surface area contributed by atoms with Crippen LogP contribution >= 0.6 is 11.6 Å². The smallest absolute Gasteiger partial charge is 0.345 e. The predicted molar refractivity (Wildman–Crippen MR) is 53.1 cm³/mol. The van der Waals surface area contributed by atoms with Crippen molar-refractivity contribution in [3.8, 4) is 5.75 Å². The number of aliphatic hydroxyl groups excluding tert-OH is 1. The summed E-state index contributed by atoms with van der Waals surface area (Å²) in [5.41, 5.74) is 0.542. The van der Waals surface area contributed by atoms with E-state index in [0.717, 1.165) is 0 Å². The first kappa shape index (κ1) is 10.3. The summed E-state index contributed by atoms with van der Waals surface area (Å²) in [6, 6.07) is 4.74. The van der Waals surface area contributed by atoms with Crippen LogP contribution in [0, 0.1) is 0 Å². The molecule has 0 radical (unpaired) electrons. The minimum atomic E-state index is -1.07. The quantitative estimate of drug-likeness (QED) is 0.766. The van der Waals surface area contributed by atoms with Crippen LogP contribution in [0.1, 0.15) is 18.1 Å². The molecular formula is C10H9ClO4. The number of aliphatic carboxylic acids is 1. The molecule has 1 aromatic rings. The van der Waals surface area contributed by atoms with Crippen LogP contribution in [0.5, 0.6) is 5.75 Å². The monoisotopic (exact) mass is 228 g/mol. The second-order valence-corrected chi connectivity index (χ2v) is 3.81. The highest BCUT2D eigenvalue weighted by Crippen LogP contribution is 2.36. The van der Waals surface area contributed by atoms with Gasteiger partial charge in [-0.2, -0.15) is 0 Å². The lowest BCUT2D eigenvalue weighted by Gasteiger charge is -2.27. The van der Waals surface area contributed by atoms with Crippen molar-refractivity contribution in [2.45, 2.75) is 18.6 Å². The molecule has 0 aliphatic carbocycles. The number of carboxylic acids is 1. The zero-order chi connectivity index (χ0) is 11.0. The topological polar surface area (TPSA) is 66.8 Å². The lowest BCUT2D eigenvalue weighted by Crippen LogP contribution is -2.32. The third-order valence-corrected chi connectivity index (χ3v) is 2.55. The molecule has 2 rings (SSSR count). The van der Waals surface area contributed by atoms with Crippen LogP contribution in [0.25, 0.3) is 0 Å². The van der Waals surface area contributed by atoms with E-state index in [1.165, 1.54) is 0 Å². The van der Waals surface area contributed by atoms with Crippen molar-refractivity contribution < 1.29 is 19.7 Å². The molecule has 0 saturated carbocycles. The van der Waals surface area contributed by atoms with Gasteiger partial charge >= 0.3 is 5.97 Å². The van der Waals surface area contributed by atoms with Gasteiger partial charge in [0.05, 0.1) is 6.10 Å². The maximum atomic E-state index is 10.7. The second kappa shape index (κ2) is 3.72. The van der Waals surface area contributed by atoms with E-state index in [0.29, 0.717) is 16.3 Å². The fraction of sp³-hybridized carbons (Fsp3) is 0.300. The molecular weight excluding hydrogens is 220 g/mol. The predicted octanol–water partition coefficient (Wildman–Crippen LogP) is 1.61. The van der Waals surface area contributed by atoms with Gasteiger partial charge in [0, 0.05) is 17.0 Å². The summed E-state index contributed by atoms with van der Waals surface area (Å²) in [5.74, 6) is -0.694. The molecule has 0 fully saturated rings. The first-order valence-electron chi connectivity index (χ1n) is 4.45. The van der Waals surface area contributed by atoms with Crippen LogP contribution < -0.4 is 4.74 Å². The van der Waals surface area contributed by atoms with Gasteiger partial charge in [-0.25, -0.2) is 4.79 Å². The number of benzene rings is 1. The molecule has 0 bridgehead atoms. The van der Waals surface area contributed by atoms with E-state index in [9.17, 15) is 9.90 Å². The minimum absolute atomic E-state index is 0.0443. The number of carbonyl (C=O) groups is 1. The molecule has 4 nitrogen and oxygen atoms in total. The molecule has 15 heavy (non-hydrogen) atoms. The number of halogens is 1. The molecule has 1 heterocycles. The lowest BCUT2D eigenvalue weighted by atomic mass is 9.99.